The number of rotatable bonds is 13. The molecule has 1 aromatic rings. The van der Waals surface area contributed by atoms with E-state index in [1.165, 1.54) is 0 Å². The van der Waals surface area contributed by atoms with Crippen LogP contribution in [0.15, 0.2) is 29.3 Å². The Morgan fingerprint density at radius 3 is 2.42 bits per heavy atom. The Morgan fingerprint density at radius 1 is 1.04 bits per heavy atom. The van der Waals surface area contributed by atoms with E-state index in [4.69, 9.17) is 14.2 Å². The zero-order chi connectivity index (χ0) is 19.0. The molecule has 0 radical (unpaired) electrons. The second-order valence-electron chi connectivity index (χ2n) is 5.86. The minimum atomic E-state index is 0.566. The van der Waals surface area contributed by atoms with Crippen LogP contribution in [0, 0.1) is 0 Å². The Hall–Kier alpha value is -1.99. The van der Waals surface area contributed by atoms with Crippen LogP contribution in [0.2, 0.25) is 0 Å². The highest BCUT2D eigenvalue weighted by Crippen LogP contribution is 2.16. The average molecular weight is 367 g/mol. The standard InChI is InChI=1S/C19H34N4O3/c1-5-20-19(21-11-6-13-23(2)14-16-24-3)22-12-15-26-18-9-7-17(25-4)8-10-18/h7-10H,5-6,11-16H2,1-4H3,(H2,20,21,22). The second kappa shape index (κ2) is 14.2. The molecule has 2 N–H and O–H groups in total. The first-order valence-corrected chi connectivity index (χ1v) is 9.16. The zero-order valence-electron chi connectivity index (χ0n) is 16.6. The summed E-state index contributed by atoms with van der Waals surface area (Å²) in [6, 6.07) is 7.58. The molecular formula is C19H34N4O3. The van der Waals surface area contributed by atoms with Crippen LogP contribution in [0.4, 0.5) is 0 Å². The van der Waals surface area contributed by atoms with Crippen LogP contribution in [-0.2, 0) is 4.74 Å². The number of benzene rings is 1. The van der Waals surface area contributed by atoms with Crippen LogP contribution in [-0.4, -0.2) is 78.1 Å². The molecule has 1 rings (SSSR count). The van der Waals surface area contributed by atoms with Crippen LogP contribution in [0.5, 0.6) is 11.5 Å². The van der Waals surface area contributed by atoms with Crippen molar-refractivity contribution in [2.75, 3.05) is 67.2 Å². The maximum absolute atomic E-state index is 5.71. The molecule has 0 amide bonds. The highest BCUT2D eigenvalue weighted by Gasteiger charge is 2.00. The summed E-state index contributed by atoms with van der Waals surface area (Å²) in [4.78, 5) is 6.85. The van der Waals surface area contributed by atoms with Crippen molar-refractivity contribution in [2.24, 2.45) is 4.99 Å². The molecule has 0 saturated carbocycles. The van der Waals surface area contributed by atoms with Crippen molar-refractivity contribution in [3.8, 4) is 11.5 Å². The fourth-order valence-corrected chi connectivity index (χ4v) is 2.24. The third-order valence-electron chi connectivity index (χ3n) is 3.71. The third-order valence-corrected chi connectivity index (χ3v) is 3.71. The Morgan fingerprint density at radius 2 is 1.77 bits per heavy atom. The fourth-order valence-electron chi connectivity index (χ4n) is 2.24. The Balaban J connectivity index is 2.24. The van der Waals surface area contributed by atoms with E-state index in [2.05, 4.69) is 34.5 Å². The Labute approximate surface area is 157 Å². The normalized spacial score (nSPS) is 11.5. The van der Waals surface area contributed by atoms with E-state index in [0.29, 0.717) is 13.2 Å². The molecule has 0 aliphatic carbocycles. The minimum absolute atomic E-state index is 0.566. The number of aliphatic imine (C=N–C) groups is 1. The molecule has 0 fully saturated rings. The molecule has 0 aliphatic heterocycles. The van der Waals surface area contributed by atoms with Gasteiger partial charge in [0.1, 0.15) is 18.1 Å². The molecule has 148 valence electrons. The Kier molecular flexibility index (Phi) is 12.1. The molecule has 0 aromatic heterocycles. The van der Waals surface area contributed by atoms with Crippen LogP contribution >= 0.6 is 0 Å². The molecule has 7 heteroatoms. The molecule has 0 bridgehead atoms. The molecule has 0 atom stereocenters. The van der Waals surface area contributed by atoms with Gasteiger partial charge in [-0.05, 0) is 51.2 Å². The molecule has 0 unspecified atom stereocenters. The van der Waals surface area contributed by atoms with Crippen molar-refractivity contribution in [1.82, 2.24) is 15.5 Å². The van der Waals surface area contributed by atoms with Gasteiger partial charge < -0.3 is 29.7 Å². The fraction of sp³-hybridized carbons (Fsp3) is 0.632. The van der Waals surface area contributed by atoms with Gasteiger partial charge in [0.25, 0.3) is 0 Å². The monoisotopic (exact) mass is 366 g/mol. The van der Waals surface area contributed by atoms with E-state index >= 15 is 0 Å². The van der Waals surface area contributed by atoms with Gasteiger partial charge >= 0.3 is 0 Å². The van der Waals surface area contributed by atoms with Crippen molar-refractivity contribution < 1.29 is 14.2 Å². The molecule has 1 aromatic carbocycles. The first-order valence-electron chi connectivity index (χ1n) is 9.16. The topological polar surface area (TPSA) is 67.4 Å². The molecule has 0 heterocycles. The number of likely N-dealkylation sites (N-methyl/N-ethyl adjacent to an activating group) is 1. The predicted octanol–water partition coefficient (Wildman–Crippen LogP) is 1.60. The van der Waals surface area contributed by atoms with Crippen molar-refractivity contribution in [3.63, 3.8) is 0 Å². The summed E-state index contributed by atoms with van der Waals surface area (Å²) in [5, 5.41) is 6.54. The summed E-state index contributed by atoms with van der Waals surface area (Å²) >= 11 is 0. The molecule has 26 heavy (non-hydrogen) atoms. The summed E-state index contributed by atoms with van der Waals surface area (Å²) < 4.78 is 15.9. The lowest BCUT2D eigenvalue weighted by molar-refractivity contribution is 0.161. The largest absolute Gasteiger partial charge is 0.497 e. The molecule has 0 saturated heterocycles. The minimum Gasteiger partial charge on any atom is -0.497 e. The molecule has 0 spiro atoms. The highest BCUT2D eigenvalue weighted by molar-refractivity contribution is 5.79. The number of nitrogens with zero attached hydrogens (tertiary/aromatic N) is 2. The SMILES string of the molecule is CCNC(=NCCCN(C)CCOC)NCCOc1ccc(OC)cc1. The quantitative estimate of drug-likeness (QED) is 0.314. The van der Waals surface area contributed by atoms with Gasteiger partial charge in [0.15, 0.2) is 5.96 Å². The number of guanidine groups is 1. The van der Waals surface area contributed by atoms with Gasteiger partial charge in [0, 0.05) is 26.7 Å². The van der Waals surface area contributed by atoms with Crippen LogP contribution in [0.25, 0.3) is 0 Å². The van der Waals surface area contributed by atoms with Crippen molar-refractivity contribution in [1.29, 1.82) is 0 Å². The van der Waals surface area contributed by atoms with E-state index < -0.39 is 0 Å². The van der Waals surface area contributed by atoms with Gasteiger partial charge in [-0.2, -0.15) is 0 Å². The van der Waals surface area contributed by atoms with Crippen LogP contribution in [0.3, 0.4) is 0 Å². The van der Waals surface area contributed by atoms with Gasteiger partial charge in [-0.15, -0.1) is 0 Å². The lowest BCUT2D eigenvalue weighted by Crippen LogP contribution is -2.39. The van der Waals surface area contributed by atoms with Gasteiger partial charge in [0.05, 0.1) is 20.3 Å². The molecular weight excluding hydrogens is 332 g/mol. The van der Waals surface area contributed by atoms with Crippen LogP contribution < -0.4 is 20.1 Å². The maximum Gasteiger partial charge on any atom is 0.191 e. The van der Waals surface area contributed by atoms with E-state index in [1.807, 2.05) is 24.3 Å². The number of hydrogen-bond donors (Lipinski definition) is 2. The summed E-state index contributed by atoms with van der Waals surface area (Å²) in [5.74, 6) is 2.48. The molecule has 7 nitrogen and oxygen atoms in total. The third kappa shape index (κ3) is 10.1. The van der Waals surface area contributed by atoms with Gasteiger partial charge in [-0.3, -0.25) is 4.99 Å². The zero-order valence-corrected chi connectivity index (χ0v) is 16.6. The van der Waals surface area contributed by atoms with Crippen molar-refractivity contribution >= 4 is 5.96 Å². The summed E-state index contributed by atoms with van der Waals surface area (Å²) in [6.07, 6.45) is 1.01. The van der Waals surface area contributed by atoms with E-state index in [-0.39, 0.29) is 0 Å². The number of ether oxygens (including phenoxy) is 3. The molecule has 0 aliphatic rings. The van der Waals surface area contributed by atoms with E-state index in [0.717, 1.165) is 56.7 Å². The number of hydrogen-bond acceptors (Lipinski definition) is 5. The van der Waals surface area contributed by atoms with Crippen molar-refractivity contribution in [2.45, 2.75) is 13.3 Å². The summed E-state index contributed by atoms with van der Waals surface area (Å²) in [6.45, 7) is 7.64. The van der Waals surface area contributed by atoms with Gasteiger partial charge in [-0.25, -0.2) is 0 Å². The number of methoxy groups -OCH3 is 2. The number of nitrogens with one attached hydrogen (secondary N) is 2. The highest BCUT2D eigenvalue weighted by atomic mass is 16.5. The van der Waals surface area contributed by atoms with Gasteiger partial charge in [0.2, 0.25) is 0 Å². The first kappa shape index (κ1) is 22.1. The lowest BCUT2D eigenvalue weighted by atomic mass is 10.3. The second-order valence-corrected chi connectivity index (χ2v) is 5.86. The maximum atomic E-state index is 5.71. The van der Waals surface area contributed by atoms with Gasteiger partial charge in [-0.1, -0.05) is 0 Å². The average Bonchev–Trinajstić information content (AvgIpc) is 2.67. The first-order chi connectivity index (χ1) is 12.7. The summed E-state index contributed by atoms with van der Waals surface area (Å²) in [7, 11) is 5.48. The lowest BCUT2D eigenvalue weighted by Gasteiger charge is -2.15. The smallest absolute Gasteiger partial charge is 0.191 e. The van der Waals surface area contributed by atoms with Crippen LogP contribution in [0.1, 0.15) is 13.3 Å². The Bertz CT molecular complexity index is 494. The summed E-state index contributed by atoms with van der Waals surface area (Å²) in [5.41, 5.74) is 0. The van der Waals surface area contributed by atoms with Crippen molar-refractivity contribution in [3.05, 3.63) is 24.3 Å². The van der Waals surface area contributed by atoms with E-state index in [1.54, 1.807) is 14.2 Å². The predicted molar refractivity (Wildman–Crippen MR) is 106 cm³/mol. The van der Waals surface area contributed by atoms with E-state index in [9.17, 15) is 0 Å².